The summed E-state index contributed by atoms with van der Waals surface area (Å²) < 4.78 is 7.45. The number of amides is 1. The molecule has 0 radical (unpaired) electrons. The summed E-state index contributed by atoms with van der Waals surface area (Å²) >= 11 is 2.97. The number of benzene rings is 1. The van der Waals surface area contributed by atoms with E-state index in [0.717, 1.165) is 4.88 Å². The number of thioether (sulfide) groups is 1. The van der Waals surface area contributed by atoms with Crippen LogP contribution in [0, 0.1) is 10.1 Å². The topological polar surface area (TPSA) is 126 Å². The molecule has 0 spiro atoms. The molecule has 146 valence electrons. The number of non-ortho nitro benzene ring substituents is 1. The summed E-state index contributed by atoms with van der Waals surface area (Å²) in [5.74, 6) is 1.29. The first-order valence-electron chi connectivity index (χ1n) is 8.30. The van der Waals surface area contributed by atoms with E-state index < -0.39 is 10.8 Å². The molecule has 28 heavy (non-hydrogen) atoms. The van der Waals surface area contributed by atoms with Crippen LogP contribution < -0.4 is 10.5 Å². The molecular formula is C17H17N5O4S2. The van der Waals surface area contributed by atoms with Gasteiger partial charge in [-0.25, -0.2) is 0 Å². The molecule has 2 N–H and O–H groups in total. The van der Waals surface area contributed by atoms with Crippen molar-refractivity contribution < 1.29 is 14.5 Å². The predicted octanol–water partition coefficient (Wildman–Crippen LogP) is 2.96. The van der Waals surface area contributed by atoms with Gasteiger partial charge in [0.15, 0.2) is 11.0 Å². The molecule has 1 aromatic carbocycles. The van der Waals surface area contributed by atoms with Gasteiger partial charge in [-0.3, -0.25) is 14.9 Å². The van der Waals surface area contributed by atoms with E-state index in [0.29, 0.717) is 35.6 Å². The third kappa shape index (κ3) is 5.08. The van der Waals surface area contributed by atoms with Crippen molar-refractivity contribution in [3.8, 4) is 16.5 Å². The van der Waals surface area contributed by atoms with Crippen LogP contribution in [0.25, 0.3) is 10.7 Å². The van der Waals surface area contributed by atoms with Crippen LogP contribution in [0.3, 0.4) is 0 Å². The molecule has 0 aliphatic heterocycles. The van der Waals surface area contributed by atoms with Crippen LogP contribution in [0.15, 0.2) is 46.9 Å². The standard InChI is InChI=1S/C17H17N5O4S2/c18-15(23)6-7-21-16(14-5-2-9-27-14)19-20-17(21)28-10-8-26-13-4-1-3-12(11-13)22(24)25/h1-5,9,11H,6-8,10H2,(H2,18,23). The van der Waals surface area contributed by atoms with E-state index in [2.05, 4.69) is 10.2 Å². The van der Waals surface area contributed by atoms with Crippen molar-refractivity contribution in [2.45, 2.75) is 18.1 Å². The molecule has 0 saturated heterocycles. The van der Waals surface area contributed by atoms with Gasteiger partial charge in [-0.1, -0.05) is 23.9 Å². The van der Waals surface area contributed by atoms with Crippen molar-refractivity contribution in [1.29, 1.82) is 0 Å². The number of carbonyl (C=O) groups is 1. The molecule has 2 heterocycles. The highest BCUT2D eigenvalue weighted by atomic mass is 32.2. The average Bonchev–Trinajstić information content (AvgIpc) is 3.33. The molecule has 2 aromatic heterocycles. The van der Waals surface area contributed by atoms with Crippen LogP contribution in [0.2, 0.25) is 0 Å². The number of carbonyl (C=O) groups excluding carboxylic acids is 1. The van der Waals surface area contributed by atoms with Crippen molar-refractivity contribution in [2.24, 2.45) is 5.73 Å². The lowest BCUT2D eigenvalue weighted by molar-refractivity contribution is -0.384. The summed E-state index contributed by atoms with van der Waals surface area (Å²) in [5.41, 5.74) is 5.27. The molecular weight excluding hydrogens is 402 g/mol. The second-order valence-corrected chi connectivity index (χ2v) is 7.61. The van der Waals surface area contributed by atoms with Gasteiger partial charge in [-0.15, -0.1) is 21.5 Å². The molecule has 1 amide bonds. The fraction of sp³-hybridized carbons (Fsp3) is 0.235. The molecule has 0 aliphatic carbocycles. The number of hydrogen-bond acceptors (Lipinski definition) is 8. The maximum Gasteiger partial charge on any atom is 0.273 e. The van der Waals surface area contributed by atoms with Gasteiger partial charge in [0.05, 0.1) is 22.5 Å². The Kier molecular flexibility index (Phi) is 6.61. The molecule has 9 nitrogen and oxygen atoms in total. The molecule has 3 rings (SSSR count). The highest BCUT2D eigenvalue weighted by molar-refractivity contribution is 7.99. The van der Waals surface area contributed by atoms with E-state index in [1.807, 2.05) is 22.1 Å². The highest BCUT2D eigenvalue weighted by Crippen LogP contribution is 2.27. The van der Waals surface area contributed by atoms with Crippen LogP contribution in [0.4, 0.5) is 5.69 Å². The number of aromatic nitrogens is 3. The number of nitro groups is 1. The van der Waals surface area contributed by atoms with E-state index in [-0.39, 0.29) is 12.1 Å². The van der Waals surface area contributed by atoms with Crippen molar-refractivity contribution >= 4 is 34.7 Å². The van der Waals surface area contributed by atoms with Gasteiger partial charge in [0.25, 0.3) is 5.69 Å². The van der Waals surface area contributed by atoms with Gasteiger partial charge in [0.2, 0.25) is 5.91 Å². The lowest BCUT2D eigenvalue weighted by Crippen LogP contribution is -2.15. The summed E-state index contributed by atoms with van der Waals surface area (Å²) in [5, 5.41) is 21.9. The van der Waals surface area contributed by atoms with Crippen molar-refractivity contribution in [3.63, 3.8) is 0 Å². The van der Waals surface area contributed by atoms with Crippen LogP contribution in [-0.2, 0) is 11.3 Å². The fourth-order valence-corrected chi connectivity index (χ4v) is 3.89. The molecule has 0 atom stereocenters. The second kappa shape index (κ2) is 9.33. The maximum absolute atomic E-state index is 11.2. The molecule has 11 heteroatoms. The number of nitrogens with two attached hydrogens (primary N) is 1. The van der Waals surface area contributed by atoms with Gasteiger partial charge in [-0.2, -0.15) is 0 Å². The van der Waals surface area contributed by atoms with E-state index in [9.17, 15) is 14.9 Å². The minimum absolute atomic E-state index is 0.0167. The monoisotopic (exact) mass is 419 g/mol. The normalized spacial score (nSPS) is 10.7. The van der Waals surface area contributed by atoms with Crippen LogP contribution >= 0.6 is 23.1 Å². The van der Waals surface area contributed by atoms with E-state index in [4.69, 9.17) is 10.5 Å². The van der Waals surface area contributed by atoms with Crippen molar-refractivity contribution in [1.82, 2.24) is 14.8 Å². The van der Waals surface area contributed by atoms with Gasteiger partial charge in [-0.05, 0) is 17.5 Å². The Hall–Kier alpha value is -2.92. The number of thiophene rings is 1. The van der Waals surface area contributed by atoms with Gasteiger partial charge >= 0.3 is 0 Å². The molecule has 0 fully saturated rings. The summed E-state index contributed by atoms with van der Waals surface area (Å²) in [6.45, 7) is 0.729. The Morgan fingerprint density at radius 3 is 2.89 bits per heavy atom. The summed E-state index contributed by atoms with van der Waals surface area (Å²) in [7, 11) is 0. The minimum atomic E-state index is -0.463. The number of hydrogen-bond donors (Lipinski definition) is 1. The zero-order valence-electron chi connectivity index (χ0n) is 14.7. The smallest absolute Gasteiger partial charge is 0.273 e. The summed E-state index contributed by atoms with van der Waals surface area (Å²) in [4.78, 5) is 22.5. The SMILES string of the molecule is NC(=O)CCn1c(SCCOc2cccc([N+](=O)[O-])c2)nnc1-c1cccs1. The molecule has 0 saturated carbocycles. The lowest BCUT2D eigenvalue weighted by atomic mass is 10.3. The predicted molar refractivity (Wildman–Crippen MR) is 106 cm³/mol. The number of nitrogens with zero attached hydrogens (tertiary/aromatic N) is 4. The first-order chi connectivity index (χ1) is 13.5. The Morgan fingerprint density at radius 2 is 2.18 bits per heavy atom. The molecule has 0 aliphatic rings. The average molecular weight is 419 g/mol. The molecule has 0 bridgehead atoms. The van der Waals surface area contributed by atoms with E-state index in [1.54, 1.807) is 12.1 Å². The van der Waals surface area contributed by atoms with E-state index >= 15 is 0 Å². The highest BCUT2D eigenvalue weighted by Gasteiger charge is 2.16. The van der Waals surface area contributed by atoms with Crippen molar-refractivity contribution in [3.05, 3.63) is 51.9 Å². The quantitative estimate of drug-likeness (QED) is 0.232. The Bertz CT molecular complexity index is 958. The Morgan fingerprint density at radius 1 is 1.32 bits per heavy atom. The Balaban J connectivity index is 1.63. The maximum atomic E-state index is 11.2. The molecule has 0 unspecified atom stereocenters. The third-order valence-electron chi connectivity index (χ3n) is 3.65. The molecule has 3 aromatic rings. The first-order valence-corrected chi connectivity index (χ1v) is 10.2. The minimum Gasteiger partial charge on any atom is -0.492 e. The summed E-state index contributed by atoms with van der Waals surface area (Å²) in [6, 6.07) is 9.91. The van der Waals surface area contributed by atoms with Crippen LogP contribution in [0.1, 0.15) is 6.42 Å². The zero-order valence-corrected chi connectivity index (χ0v) is 16.3. The van der Waals surface area contributed by atoms with Gasteiger partial charge < -0.3 is 15.0 Å². The second-order valence-electron chi connectivity index (χ2n) is 5.60. The van der Waals surface area contributed by atoms with Crippen molar-refractivity contribution in [2.75, 3.05) is 12.4 Å². The van der Waals surface area contributed by atoms with Crippen LogP contribution in [0.5, 0.6) is 5.75 Å². The number of rotatable bonds is 10. The number of ether oxygens (including phenoxy) is 1. The Labute approximate surface area is 168 Å². The largest absolute Gasteiger partial charge is 0.492 e. The summed E-state index contributed by atoms with van der Waals surface area (Å²) in [6.07, 6.45) is 0.189. The van der Waals surface area contributed by atoms with E-state index in [1.165, 1.54) is 35.2 Å². The number of nitro benzene ring substituents is 1. The first kappa shape index (κ1) is 19.8. The zero-order chi connectivity index (χ0) is 19.9. The fourth-order valence-electron chi connectivity index (χ4n) is 2.39. The third-order valence-corrected chi connectivity index (χ3v) is 5.45. The van der Waals surface area contributed by atoms with Gasteiger partial charge in [0, 0.05) is 24.8 Å². The number of primary amides is 1. The van der Waals surface area contributed by atoms with Gasteiger partial charge in [0.1, 0.15) is 5.75 Å². The van der Waals surface area contributed by atoms with Crippen LogP contribution in [-0.4, -0.2) is 38.0 Å². The lowest BCUT2D eigenvalue weighted by Gasteiger charge is -2.09.